The molecule has 0 bridgehead atoms. The van der Waals surface area contributed by atoms with Crippen molar-refractivity contribution in [3.63, 3.8) is 0 Å². The number of methoxy groups -OCH3 is 1. The second-order valence-electron chi connectivity index (χ2n) is 7.86. The molecule has 2 unspecified atom stereocenters. The van der Waals surface area contributed by atoms with Gasteiger partial charge in [-0.15, -0.1) is 0 Å². The average molecular weight is 407 g/mol. The van der Waals surface area contributed by atoms with Crippen molar-refractivity contribution >= 4 is 23.7 Å². The summed E-state index contributed by atoms with van der Waals surface area (Å²) in [5.41, 5.74) is 1.81. The molecular weight excluding hydrogens is 378 g/mol. The summed E-state index contributed by atoms with van der Waals surface area (Å²) in [7, 11) is 1.58. The predicted octanol–water partition coefficient (Wildman–Crippen LogP) is 2.10. The van der Waals surface area contributed by atoms with Gasteiger partial charge in [0.15, 0.2) is 0 Å². The first kappa shape index (κ1) is 20.3. The lowest BCUT2D eigenvalue weighted by atomic mass is 9.89. The zero-order valence-electron chi connectivity index (χ0n) is 17.5. The molecule has 0 aliphatic carbocycles. The lowest BCUT2D eigenvalue weighted by Gasteiger charge is -2.31. The molecule has 3 atom stereocenters. The van der Waals surface area contributed by atoms with Gasteiger partial charge in [-0.25, -0.2) is 4.90 Å². The van der Waals surface area contributed by atoms with Crippen LogP contribution in [0.25, 0.3) is 0 Å². The standard InChI is InChI=1S/C24H27N3O3/c1-3-26-14-6-7-18(26)15-25-16-22-20-8-4-5-9-21(20)23(28)27(24(22)29)17-10-12-19(30-2)13-11-17/h4-5,8-13,16,18,22H,3,6-7,14-15H2,1-2H3/p+1/t18-,22?/m1/s1. The predicted molar refractivity (Wildman–Crippen MR) is 117 cm³/mol. The van der Waals surface area contributed by atoms with Gasteiger partial charge in [-0.2, -0.15) is 0 Å². The summed E-state index contributed by atoms with van der Waals surface area (Å²) in [6.45, 7) is 5.22. The van der Waals surface area contributed by atoms with E-state index in [2.05, 4.69) is 11.9 Å². The SMILES string of the molecule is CC[NH+]1CCC[C@@H]1CN=CC1C(=O)N(c2ccc(OC)cc2)C(=O)c2ccccc21. The molecule has 0 saturated carbocycles. The highest BCUT2D eigenvalue weighted by atomic mass is 16.5. The van der Waals surface area contributed by atoms with Gasteiger partial charge in [0.05, 0.1) is 38.3 Å². The summed E-state index contributed by atoms with van der Waals surface area (Å²) in [4.78, 5) is 34.0. The highest BCUT2D eigenvalue weighted by molar-refractivity contribution is 6.29. The van der Waals surface area contributed by atoms with Crippen LogP contribution >= 0.6 is 0 Å². The topological polar surface area (TPSA) is 63.4 Å². The first-order valence-corrected chi connectivity index (χ1v) is 10.6. The minimum absolute atomic E-state index is 0.265. The number of nitrogens with one attached hydrogen (secondary N) is 1. The fourth-order valence-electron chi connectivity index (χ4n) is 4.54. The van der Waals surface area contributed by atoms with Crippen LogP contribution in [0.3, 0.4) is 0 Å². The number of hydrogen-bond acceptors (Lipinski definition) is 4. The molecule has 30 heavy (non-hydrogen) atoms. The average Bonchev–Trinajstić information content (AvgIpc) is 3.24. The smallest absolute Gasteiger partial charge is 0.265 e. The van der Waals surface area contributed by atoms with Crippen molar-refractivity contribution in [3.8, 4) is 5.75 Å². The number of likely N-dealkylation sites (N-methyl/N-ethyl adjacent to an activating group) is 1. The number of amides is 2. The zero-order valence-corrected chi connectivity index (χ0v) is 17.5. The zero-order chi connectivity index (χ0) is 21.1. The lowest BCUT2D eigenvalue weighted by Crippen LogP contribution is -3.13. The monoisotopic (exact) mass is 406 g/mol. The van der Waals surface area contributed by atoms with Crippen molar-refractivity contribution in [2.45, 2.75) is 31.7 Å². The van der Waals surface area contributed by atoms with Gasteiger partial charge in [0.25, 0.3) is 5.91 Å². The maximum atomic E-state index is 13.4. The Bertz CT molecular complexity index is 954. The van der Waals surface area contributed by atoms with Crippen LogP contribution < -0.4 is 14.5 Å². The van der Waals surface area contributed by atoms with E-state index in [0.29, 0.717) is 29.6 Å². The van der Waals surface area contributed by atoms with Crippen LogP contribution in [0.2, 0.25) is 0 Å². The van der Waals surface area contributed by atoms with E-state index in [4.69, 9.17) is 4.74 Å². The quantitative estimate of drug-likeness (QED) is 0.590. The van der Waals surface area contributed by atoms with Crippen LogP contribution in [0, 0.1) is 0 Å². The van der Waals surface area contributed by atoms with Crippen LogP contribution in [0.1, 0.15) is 41.6 Å². The minimum atomic E-state index is -0.563. The van der Waals surface area contributed by atoms with Gasteiger partial charge >= 0.3 is 0 Å². The molecule has 4 rings (SSSR count). The Balaban J connectivity index is 1.63. The fraction of sp³-hybridized carbons (Fsp3) is 0.375. The van der Waals surface area contributed by atoms with E-state index in [9.17, 15) is 9.59 Å². The Morgan fingerprint density at radius 2 is 1.93 bits per heavy atom. The van der Waals surface area contributed by atoms with E-state index >= 15 is 0 Å². The molecule has 0 aromatic heterocycles. The molecule has 2 amide bonds. The van der Waals surface area contributed by atoms with Crippen LogP contribution in [0.5, 0.6) is 5.75 Å². The molecule has 1 fully saturated rings. The fourth-order valence-corrected chi connectivity index (χ4v) is 4.54. The Hall–Kier alpha value is -2.99. The lowest BCUT2D eigenvalue weighted by molar-refractivity contribution is -0.908. The summed E-state index contributed by atoms with van der Waals surface area (Å²) in [5, 5.41) is 0. The van der Waals surface area contributed by atoms with Gasteiger partial charge in [-0.05, 0) is 42.8 Å². The van der Waals surface area contributed by atoms with Gasteiger partial charge in [0.1, 0.15) is 11.8 Å². The van der Waals surface area contributed by atoms with Gasteiger partial charge < -0.3 is 9.64 Å². The van der Waals surface area contributed by atoms with E-state index in [-0.39, 0.29) is 11.8 Å². The number of benzene rings is 2. The third-order valence-electron chi connectivity index (χ3n) is 6.21. The number of rotatable bonds is 6. The van der Waals surface area contributed by atoms with Crippen molar-refractivity contribution in [2.24, 2.45) is 4.99 Å². The van der Waals surface area contributed by atoms with Gasteiger partial charge in [0.2, 0.25) is 5.91 Å². The first-order valence-electron chi connectivity index (χ1n) is 10.6. The second-order valence-corrected chi connectivity index (χ2v) is 7.86. The van der Waals surface area contributed by atoms with Crippen LogP contribution in [0.4, 0.5) is 5.69 Å². The molecule has 2 heterocycles. The molecule has 6 heteroatoms. The molecule has 2 aliphatic heterocycles. The second kappa shape index (κ2) is 8.79. The Labute approximate surface area is 177 Å². The third kappa shape index (κ3) is 3.75. The maximum Gasteiger partial charge on any atom is 0.265 e. The van der Waals surface area contributed by atoms with Crippen molar-refractivity contribution in [3.05, 3.63) is 59.7 Å². The van der Waals surface area contributed by atoms with Crippen LogP contribution in [-0.4, -0.2) is 50.8 Å². The number of anilines is 1. The van der Waals surface area contributed by atoms with E-state index in [1.165, 1.54) is 24.3 Å². The van der Waals surface area contributed by atoms with E-state index in [1.54, 1.807) is 48.6 Å². The van der Waals surface area contributed by atoms with Gasteiger partial charge in [-0.3, -0.25) is 14.6 Å². The van der Waals surface area contributed by atoms with E-state index in [0.717, 1.165) is 12.1 Å². The molecule has 0 spiro atoms. The number of hydrogen-bond donors (Lipinski definition) is 1. The molecule has 1 saturated heterocycles. The highest BCUT2D eigenvalue weighted by Gasteiger charge is 2.39. The van der Waals surface area contributed by atoms with Gasteiger partial charge in [0, 0.05) is 24.6 Å². The Morgan fingerprint density at radius 1 is 1.17 bits per heavy atom. The summed E-state index contributed by atoms with van der Waals surface area (Å²) in [5.74, 6) is -0.456. The number of carbonyl (C=O) groups is 2. The van der Waals surface area contributed by atoms with Gasteiger partial charge in [-0.1, -0.05) is 18.2 Å². The number of nitrogens with zero attached hydrogens (tertiary/aromatic N) is 2. The number of imide groups is 1. The number of fused-ring (bicyclic) bond motifs is 1. The molecular formula is C24H28N3O3+. The number of ether oxygens (including phenoxy) is 1. The van der Waals surface area contributed by atoms with Crippen molar-refractivity contribution in [1.29, 1.82) is 0 Å². The number of carbonyl (C=O) groups excluding carboxylic acids is 2. The third-order valence-corrected chi connectivity index (χ3v) is 6.21. The minimum Gasteiger partial charge on any atom is -0.497 e. The molecule has 1 N–H and O–H groups in total. The number of likely N-dealkylation sites (tertiary alicyclic amines) is 1. The molecule has 2 aliphatic rings. The Morgan fingerprint density at radius 3 is 2.67 bits per heavy atom. The maximum absolute atomic E-state index is 13.4. The molecule has 0 radical (unpaired) electrons. The number of quaternary nitrogens is 1. The molecule has 156 valence electrons. The van der Waals surface area contributed by atoms with Crippen LogP contribution in [0.15, 0.2) is 53.5 Å². The van der Waals surface area contributed by atoms with Crippen molar-refractivity contribution in [1.82, 2.24) is 0 Å². The first-order chi connectivity index (χ1) is 14.6. The summed E-state index contributed by atoms with van der Waals surface area (Å²) < 4.78 is 5.20. The summed E-state index contributed by atoms with van der Waals surface area (Å²) in [6.07, 6.45) is 4.15. The molecule has 6 nitrogen and oxygen atoms in total. The molecule has 2 aromatic rings. The Kier molecular flexibility index (Phi) is 5.95. The van der Waals surface area contributed by atoms with E-state index in [1.807, 2.05) is 18.2 Å². The molecule has 2 aromatic carbocycles. The van der Waals surface area contributed by atoms with E-state index < -0.39 is 5.92 Å². The largest absolute Gasteiger partial charge is 0.497 e. The van der Waals surface area contributed by atoms with Crippen molar-refractivity contribution < 1.29 is 19.2 Å². The summed E-state index contributed by atoms with van der Waals surface area (Å²) in [6, 6.07) is 14.8. The normalized spacial score (nSPS) is 23.8. The van der Waals surface area contributed by atoms with Crippen molar-refractivity contribution in [2.75, 3.05) is 31.6 Å². The highest BCUT2D eigenvalue weighted by Crippen LogP contribution is 2.32. The van der Waals surface area contributed by atoms with Crippen LogP contribution in [-0.2, 0) is 4.79 Å². The summed E-state index contributed by atoms with van der Waals surface area (Å²) >= 11 is 0. The number of aliphatic imine (C=N–C) groups is 1.